The normalized spacial score (nSPS) is 19.1. The molecular formula is C13H21N3. The number of aromatic nitrogens is 1. The van der Waals surface area contributed by atoms with Gasteiger partial charge >= 0.3 is 0 Å². The third kappa shape index (κ3) is 2.42. The molecule has 1 unspecified atom stereocenters. The van der Waals surface area contributed by atoms with Crippen LogP contribution in [0.15, 0.2) is 18.3 Å². The molecule has 0 radical (unpaired) electrons. The van der Waals surface area contributed by atoms with E-state index in [-0.39, 0.29) is 0 Å². The Balaban J connectivity index is 1.96. The minimum absolute atomic E-state index is 0.535. The molecule has 16 heavy (non-hydrogen) atoms. The van der Waals surface area contributed by atoms with E-state index in [1.165, 1.54) is 30.5 Å². The molecule has 0 aliphatic heterocycles. The number of rotatable bonds is 5. The predicted octanol–water partition coefficient (Wildman–Crippen LogP) is 1.61. The first-order valence-electron chi connectivity index (χ1n) is 6.11. The van der Waals surface area contributed by atoms with E-state index in [9.17, 15) is 0 Å². The van der Waals surface area contributed by atoms with Crippen LogP contribution in [-0.4, -0.2) is 37.1 Å². The van der Waals surface area contributed by atoms with Gasteiger partial charge in [-0.3, -0.25) is 9.88 Å². The van der Waals surface area contributed by atoms with Crippen LogP contribution in [0.4, 0.5) is 0 Å². The Bertz CT molecular complexity index is 338. The molecule has 3 nitrogen and oxygen atoms in total. The van der Waals surface area contributed by atoms with E-state index in [4.69, 9.17) is 0 Å². The second kappa shape index (κ2) is 5.41. The number of nitrogens with one attached hydrogen (secondary N) is 1. The Morgan fingerprint density at radius 2 is 2.44 bits per heavy atom. The fourth-order valence-electron chi connectivity index (χ4n) is 2.48. The van der Waals surface area contributed by atoms with Gasteiger partial charge in [-0.2, -0.15) is 0 Å². The molecule has 88 valence electrons. The topological polar surface area (TPSA) is 28.2 Å². The molecule has 0 saturated heterocycles. The van der Waals surface area contributed by atoms with E-state index in [2.05, 4.69) is 28.3 Å². The first kappa shape index (κ1) is 11.6. The van der Waals surface area contributed by atoms with Crippen LogP contribution in [0, 0.1) is 0 Å². The number of nitrogens with zero attached hydrogens (tertiary/aromatic N) is 2. The van der Waals surface area contributed by atoms with E-state index in [1.807, 2.05) is 19.3 Å². The summed E-state index contributed by atoms with van der Waals surface area (Å²) < 4.78 is 0. The molecule has 0 fully saturated rings. The van der Waals surface area contributed by atoms with Crippen molar-refractivity contribution in [3.05, 3.63) is 29.6 Å². The molecule has 0 bridgehead atoms. The summed E-state index contributed by atoms with van der Waals surface area (Å²) in [6.45, 7) is 2.23. The standard InChI is InChI=1S/C13H21N3/c1-14-8-4-10-16(2)12-7-6-11-5-3-9-15-13(11)12/h3,5,9,12,14H,4,6-8,10H2,1-2H3. The van der Waals surface area contributed by atoms with Crippen LogP contribution in [0.25, 0.3) is 0 Å². The average molecular weight is 219 g/mol. The van der Waals surface area contributed by atoms with Crippen LogP contribution >= 0.6 is 0 Å². The summed E-state index contributed by atoms with van der Waals surface area (Å²) in [6.07, 6.45) is 5.52. The van der Waals surface area contributed by atoms with E-state index < -0.39 is 0 Å². The summed E-state index contributed by atoms with van der Waals surface area (Å²) in [5.41, 5.74) is 2.74. The van der Waals surface area contributed by atoms with Crippen molar-refractivity contribution in [3.63, 3.8) is 0 Å². The lowest BCUT2D eigenvalue weighted by atomic mass is 10.2. The average Bonchev–Trinajstić information content (AvgIpc) is 2.73. The maximum absolute atomic E-state index is 4.53. The Morgan fingerprint density at radius 1 is 1.56 bits per heavy atom. The highest BCUT2D eigenvalue weighted by Crippen LogP contribution is 2.32. The SMILES string of the molecule is CNCCCN(C)C1CCc2cccnc21. The third-order valence-electron chi connectivity index (χ3n) is 3.40. The maximum Gasteiger partial charge on any atom is 0.0607 e. The third-order valence-corrected chi connectivity index (χ3v) is 3.40. The number of pyridine rings is 1. The van der Waals surface area contributed by atoms with Gasteiger partial charge in [-0.05, 0) is 58.1 Å². The number of hydrogen-bond acceptors (Lipinski definition) is 3. The molecule has 1 aromatic rings. The van der Waals surface area contributed by atoms with Crippen LogP contribution < -0.4 is 5.32 Å². The van der Waals surface area contributed by atoms with Gasteiger partial charge in [0.15, 0.2) is 0 Å². The molecule has 1 aromatic heterocycles. The summed E-state index contributed by atoms with van der Waals surface area (Å²) in [5.74, 6) is 0. The van der Waals surface area contributed by atoms with Crippen molar-refractivity contribution in [2.45, 2.75) is 25.3 Å². The number of fused-ring (bicyclic) bond motifs is 1. The Morgan fingerprint density at radius 3 is 3.25 bits per heavy atom. The van der Waals surface area contributed by atoms with Gasteiger partial charge in [-0.15, -0.1) is 0 Å². The zero-order valence-electron chi connectivity index (χ0n) is 10.2. The second-order valence-corrected chi connectivity index (χ2v) is 4.54. The fraction of sp³-hybridized carbons (Fsp3) is 0.615. The quantitative estimate of drug-likeness (QED) is 0.763. The molecular weight excluding hydrogens is 198 g/mol. The van der Waals surface area contributed by atoms with Crippen molar-refractivity contribution in [1.29, 1.82) is 0 Å². The summed E-state index contributed by atoms with van der Waals surface area (Å²) in [7, 11) is 4.22. The number of hydrogen-bond donors (Lipinski definition) is 1. The Labute approximate surface area is 97.9 Å². The van der Waals surface area contributed by atoms with E-state index in [0.717, 1.165) is 13.1 Å². The van der Waals surface area contributed by atoms with Gasteiger partial charge in [-0.25, -0.2) is 0 Å². The Hall–Kier alpha value is -0.930. The first-order valence-corrected chi connectivity index (χ1v) is 6.11. The monoisotopic (exact) mass is 219 g/mol. The van der Waals surface area contributed by atoms with Crippen molar-refractivity contribution < 1.29 is 0 Å². The van der Waals surface area contributed by atoms with Crippen LogP contribution in [0.1, 0.15) is 30.1 Å². The molecule has 1 aliphatic carbocycles. The molecule has 0 aromatic carbocycles. The maximum atomic E-state index is 4.53. The van der Waals surface area contributed by atoms with Gasteiger partial charge in [0.2, 0.25) is 0 Å². The first-order chi connectivity index (χ1) is 7.83. The summed E-state index contributed by atoms with van der Waals surface area (Å²) in [4.78, 5) is 6.97. The van der Waals surface area contributed by atoms with Gasteiger partial charge in [0.05, 0.1) is 11.7 Å². The summed E-state index contributed by atoms with van der Waals surface area (Å²) >= 11 is 0. The van der Waals surface area contributed by atoms with Gasteiger partial charge in [0.1, 0.15) is 0 Å². The fourth-order valence-corrected chi connectivity index (χ4v) is 2.48. The highest BCUT2D eigenvalue weighted by Gasteiger charge is 2.26. The summed E-state index contributed by atoms with van der Waals surface area (Å²) in [6, 6.07) is 4.79. The highest BCUT2D eigenvalue weighted by molar-refractivity contribution is 5.27. The van der Waals surface area contributed by atoms with Crippen molar-refractivity contribution in [2.75, 3.05) is 27.2 Å². The van der Waals surface area contributed by atoms with Gasteiger partial charge in [0.25, 0.3) is 0 Å². The van der Waals surface area contributed by atoms with Crippen molar-refractivity contribution >= 4 is 0 Å². The van der Waals surface area contributed by atoms with Crippen LogP contribution in [0.3, 0.4) is 0 Å². The van der Waals surface area contributed by atoms with Crippen molar-refractivity contribution in [3.8, 4) is 0 Å². The van der Waals surface area contributed by atoms with Crippen LogP contribution in [0.5, 0.6) is 0 Å². The zero-order valence-corrected chi connectivity index (χ0v) is 10.2. The van der Waals surface area contributed by atoms with E-state index >= 15 is 0 Å². The van der Waals surface area contributed by atoms with Gasteiger partial charge < -0.3 is 5.32 Å². The van der Waals surface area contributed by atoms with Gasteiger partial charge in [-0.1, -0.05) is 6.07 Å². The lowest BCUT2D eigenvalue weighted by Gasteiger charge is -2.24. The predicted molar refractivity (Wildman–Crippen MR) is 66.5 cm³/mol. The molecule has 1 N–H and O–H groups in total. The molecule has 1 atom stereocenters. The minimum Gasteiger partial charge on any atom is -0.320 e. The van der Waals surface area contributed by atoms with Crippen LogP contribution in [-0.2, 0) is 6.42 Å². The van der Waals surface area contributed by atoms with E-state index in [1.54, 1.807) is 0 Å². The van der Waals surface area contributed by atoms with Crippen molar-refractivity contribution in [1.82, 2.24) is 15.2 Å². The van der Waals surface area contributed by atoms with Crippen LogP contribution in [0.2, 0.25) is 0 Å². The molecule has 0 saturated carbocycles. The Kier molecular flexibility index (Phi) is 3.91. The molecule has 3 heteroatoms. The molecule has 0 spiro atoms. The molecule has 2 rings (SSSR count). The van der Waals surface area contributed by atoms with Crippen molar-refractivity contribution in [2.24, 2.45) is 0 Å². The number of aryl methyl sites for hydroxylation is 1. The molecule has 1 heterocycles. The smallest absolute Gasteiger partial charge is 0.0607 e. The lowest BCUT2D eigenvalue weighted by Crippen LogP contribution is -2.26. The summed E-state index contributed by atoms with van der Waals surface area (Å²) in [5, 5.41) is 3.19. The van der Waals surface area contributed by atoms with Gasteiger partial charge in [0, 0.05) is 6.20 Å². The molecule has 1 aliphatic rings. The molecule has 0 amide bonds. The lowest BCUT2D eigenvalue weighted by molar-refractivity contribution is 0.237. The minimum atomic E-state index is 0.535. The van der Waals surface area contributed by atoms with E-state index in [0.29, 0.717) is 6.04 Å². The largest absolute Gasteiger partial charge is 0.320 e. The zero-order chi connectivity index (χ0) is 11.4. The highest BCUT2D eigenvalue weighted by atomic mass is 15.1. The second-order valence-electron chi connectivity index (χ2n) is 4.54.